The van der Waals surface area contributed by atoms with E-state index in [9.17, 15) is 9.59 Å². The fraction of sp³-hybridized carbons (Fsp3) is 0.150. The van der Waals surface area contributed by atoms with Gasteiger partial charge >= 0.3 is 0 Å². The van der Waals surface area contributed by atoms with Crippen molar-refractivity contribution in [3.8, 4) is 10.6 Å². The molecule has 0 atom stereocenters. The Hall–Kier alpha value is -2.99. The predicted molar refractivity (Wildman–Crippen MR) is 103 cm³/mol. The number of benzene rings is 2. The molecule has 0 bridgehead atoms. The predicted octanol–water partition coefficient (Wildman–Crippen LogP) is 3.43. The standard InChI is InChI=1S/C20H19N3O2S/c1-13-8-10-15(11-9-13)19(25)23-22-18(24)12-17-14(2)26-20(21-17)16-6-4-3-5-7-16/h3-11H,12H2,1-2H3,(H,22,24)(H,23,25). The summed E-state index contributed by atoms with van der Waals surface area (Å²) in [7, 11) is 0. The molecular weight excluding hydrogens is 346 g/mol. The third-order valence-corrected chi connectivity index (χ3v) is 4.93. The van der Waals surface area contributed by atoms with Crippen LogP contribution in [0.25, 0.3) is 10.6 Å². The normalized spacial score (nSPS) is 10.4. The zero-order chi connectivity index (χ0) is 18.5. The Labute approximate surface area is 156 Å². The fourth-order valence-electron chi connectivity index (χ4n) is 2.40. The molecule has 0 saturated heterocycles. The summed E-state index contributed by atoms with van der Waals surface area (Å²) in [6.45, 7) is 3.89. The molecule has 6 heteroatoms. The van der Waals surface area contributed by atoms with Crippen molar-refractivity contribution in [2.75, 3.05) is 0 Å². The minimum atomic E-state index is -0.349. The van der Waals surface area contributed by atoms with Gasteiger partial charge in [0.2, 0.25) is 5.91 Å². The highest BCUT2D eigenvalue weighted by Crippen LogP contribution is 2.27. The Balaban J connectivity index is 1.59. The highest BCUT2D eigenvalue weighted by atomic mass is 32.1. The quantitative estimate of drug-likeness (QED) is 0.696. The largest absolute Gasteiger partial charge is 0.273 e. The van der Waals surface area contributed by atoms with Crippen molar-refractivity contribution in [3.63, 3.8) is 0 Å². The lowest BCUT2D eigenvalue weighted by Gasteiger charge is -2.07. The van der Waals surface area contributed by atoms with Crippen LogP contribution in [0.1, 0.15) is 26.5 Å². The van der Waals surface area contributed by atoms with E-state index in [1.54, 1.807) is 23.5 Å². The number of carbonyl (C=O) groups excluding carboxylic acids is 2. The molecule has 0 aliphatic heterocycles. The number of hydrogen-bond donors (Lipinski definition) is 2. The Bertz CT molecular complexity index is 918. The molecule has 0 unspecified atom stereocenters. The van der Waals surface area contributed by atoms with E-state index in [0.29, 0.717) is 5.56 Å². The van der Waals surface area contributed by atoms with Crippen LogP contribution in [0.3, 0.4) is 0 Å². The number of aryl methyl sites for hydroxylation is 2. The highest BCUT2D eigenvalue weighted by molar-refractivity contribution is 7.15. The smallest absolute Gasteiger partial charge is 0.269 e. The van der Waals surface area contributed by atoms with E-state index in [4.69, 9.17) is 0 Å². The molecule has 2 aromatic carbocycles. The summed E-state index contributed by atoms with van der Waals surface area (Å²) in [5, 5.41) is 0.884. The van der Waals surface area contributed by atoms with Crippen LogP contribution in [-0.2, 0) is 11.2 Å². The van der Waals surface area contributed by atoms with Crippen molar-refractivity contribution in [2.45, 2.75) is 20.3 Å². The summed E-state index contributed by atoms with van der Waals surface area (Å²) < 4.78 is 0. The Morgan fingerprint density at radius 2 is 1.65 bits per heavy atom. The maximum absolute atomic E-state index is 12.1. The fourth-order valence-corrected chi connectivity index (χ4v) is 3.33. The molecule has 132 valence electrons. The van der Waals surface area contributed by atoms with Gasteiger partial charge in [-0.2, -0.15) is 0 Å². The number of aromatic nitrogens is 1. The van der Waals surface area contributed by atoms with E-state index in [1.807, 2.05) is 56.3 Å². The maximum atomic E-state index is 12.1. The van der Waals surface area contributed by atoms with Gasteiger partial charge in [0.1, 0.15) is 5.01 Å². The molecule has 0 spiro atoms. The molecule has 3 rings (SSSR count). The number of amides is 2. The Morgan fingerprint density at radius 1 is 0.962 bits per heavy atom. The molecular formula is C20H19N3O2S. The van der Waals surface area contributed by atoms with Crippen molar-refractivity contribution in [1.82, 2.24) is 15.8 Å². The first kappa shape index (κ1) is 17.8. The summed E-state index contributed by atoms with van der Waals surface area (Å²) in [5.41, 5.74) is 8.19. The summed E-state index contributed by atoms with van der Waals surface area (Å²) in [6, 6.07) is 17.0. The van der Waals surface area contributed by atoms with E-state index in [2.05, 4.69) is 15.8 Å². The number of nitrogens with zero attached hydrogens (tertiary/aromatic N) is 1. The summed E-state index contributed by atoms with van der Waals surface area (Å²) in [6.07, 6.45) is 0.114. The molecule has 0 fully saturated rings. The van der Waals surface area contributed by atoms with Gasteiger partial charge in [0.25, 0.3) is 5.91 Å². The van der Waals surface area contributed by atoms with Gasteiger partial charge in [0.05, 0.1) is 12.1 Å². The van der Waals surface area contributed by atoms with Crippen molar-refractivity contribution in [2.24, 2.45) is 0 Å². The first-order chi connectivity index (χ1) is 12.5. The minimum Gasteiger partial charge on any atom is -0.273 e. The van der Waals surface area contributed by atoms with E-state index in [-0.39, 0.29) is 18.2 Å². The first-order valence-electron chi connectivity index (χ1n) is 8.20. The molecule has 0 radical (unpaired) electrons. The van der Waals surface area contributed by atoms with Gasteiger partial charge in [-0.1, -0.05) is 48.0 Å². The molecule has 0 aliphatic rings. The first-order valence-corrected chi connectivity index (χ1v) is 9.02. The molecule has 3 aromatic rings. The monoisotopic (exact) mass is 365 g/mol. The van der Waals surface area contributed by atoms with Gasteiger partial charge in [0, 0.05) is 16.0 Å². The molecule has 2 amide bonds. The average molecular weight is 365 g/mol. The van der Waals surface area contributed by atoms with Crippen molar-refractivity contribution in [3.05, 3.63) is 76.3 Å². The number of carbonyl (C=O) groups is 2. The molecule has 1 heterocycles. The number of hydrogen-bond acceptors (Lipinski definition) is 4. The van der Waals surface area contributed by atoms with E-state index in [1.165, 1.54) is 0 Å². The van der Waals surface area contributed by atoms with E-state index in [0.717, 1.165) is 26.7 Å². The number of thiazole rings is 1. The number of nitrogens with one attached hydrogen (secondary N) is 2. The van der Waals surface area contributed by atoms with Crippen LogP contribution in [-0.4, -0.2) is 16.8 Å². The third-order valence-electron chi connectivity index (χ3n) is 3.87. The summed E-state index contributed by atoms with van der Waals surface area (Å²) >= 11 is 1.55. The second-order valence-corrected chi connectivity index (χ2v) is 7.14. The van der Waals surface area contributed by atoms with Crippen molar-refractivity contribution >= 4 is 23.2 Å². The lowest BCUT2D eigenvalue weighted by Crippen LogP contribution is -2.42. The van der Waals surface area contributed by atoms with Crippen LogP contribution < -0.4 is 10.9 Å². The van der Waals surface area contributed by atoms with E-state index < -0.39 is 0 Å². The van der Waals surface area contributed by atoms with Gasteiger partial charge in [-0.15, -0.1) is 11.3 Å². The zero-order valence-electron chi connectivity index (χ0n) is 14.6. The number of rotatable bonds is 4. The maximum Gasteiger partial charge on any atom is 0.269 e. The summed E-state index contributed by atoms with van der Waals surface area (Å²) in [4.78, 5) is 29.7. The highest BCUT2D eigenvalue weighted by Gasteiger charge is 2.14. The summed E-state index contributed by atoms with van der Waals surface area (Å²) in [5.74, 6) is -0.656. The van der Waals surface area contributed by atoms with Gasteiger partial charge in [-0.3, -0.25) is 20.4 Å². The van der Waals surface area contributed by atoms with Gasteiger partial charge in [-0.25, -0.2) is 4.98 Å². The molecule has 5 nitrogen and oxygen atoms in total. The minimum absolute atomic E-state index is 0.114. The van der Waals surface area contributed by atoms with Crippen molar-refractivity contribution in [1.29, 1.82) is 0 Å². The molecule has 26 heavy (non-hydrogen) atoms. The lowest BCUT2D eigenvalue weighted by atomic mass is 10.1. The van der Waals surface area contributed by atoms with Gasteiger partial charge < -0.3 is 0 Å². The van der Waals surface area contributed by atoms with Crippen LogP contribution in [0, 0.1) is 13.8 Å². The Morgan fingerprint density at radius 3 is 2.35 bits per heavy atom. The van der Waals surface area contributed by atoms with Crippen molar-refractivity contribution < 1.29 is 9.59 Å². The van der Waals surface area contributed by atoms with Gasteiger partial charge in [0.15, 0.2) is 0 Å². The zero-order valence-corrected chi connectivity index (χ0v) is 15.4. The van der Waals surface area contributed by atoms with E-state index >= 15 is 0 Å². The SMILES string of the molecule is Cc1ccc(C(=O)NNC(=O)Cc2nc(-c3ccccc3)sc2C)cc1. The van der Waals surface area contributed by atoms with Crippen LogP contribution in [0.4, 0.5) is 0 Å². The van der Waals surface area contributed by atoms with Crippen LogP contribution in [0.5, 0.6) is 0 Å². The average Bonchev–Trinajstić information content (AvgIpc) is 3.01. The second kappa shape index (κ2) is 7.93. The number of hydrazine groups is 1. The molecule has 0 aliphatic carbocycles. The van der Waals surface area contributed by atoms with Crippen LogP contribution in [0.15, 0.2) is 54.6 Å². The van der Waals surface area contributed by atoms with Crippen LogP contribution in [0.2, 0.25) is 0 Å². The molecule has 1 aromatic heterocycles. The molecule has 2 N–H and O–H groups in total. The molecule has 0 saturated carbocycles. The van der Waals surface area contributed by atoms with Gasteiger partial charge in [-0.05, 0) is 26.0 Å². The topological polar surface area (TPSA) is 71.1 Å². The Kier molecular flexibility index (Phi) is 5.43. The van der Waals surface area contributed by atoms with Crippen LogP contribution >= 0.6 is 11.3 Å². The lowest BCUT2D eigenvalue weighted by molar-refractivity contribution is -0.121. The third kappa shape index (κ3) is 4.34. The second-order valence-electron chi connectivity index (χ2n) is 5.93.